The van der Waals surface area contributed by atoms with Crippen molar-refractivity contribution < 1.29 is 0 Å². The third-order valence-corrected chi connectivity index (χ3v) is 5.14. The first-order valence-corrected chi connectivity index (χ1v) is 6.57. The van der Waals surface area contributed by atoms with Crippen molar-refractivity contribution >= 4 is 47.0 Å². The number of rotatable bonds is 3. The topological polar surface area (TPSA) is 0 Å². The number of benzene rings is 1. The fraction of sp³-hybridized carbons (Fsp3) is 0.300. The fourth-order valence-corrected chi connectivity index (χ4v) is 2.92. The van der Waals surface area contributed by atoms with E-state index < -0.39 is 0 Å². The van der Waals surface area contributed by atoms with Crippen LogP contribution in [0.25, 0.3) is 0 Å². The first-order chi connectivity index (χ1) is 6.09. The van der Waals surface area contributed by atoms with Crippen LogP contribution in [-0.2, 0) is 0 Å². The predicted octanol–water partition coefficient (Wildman–Crippen LogP) is 2.65. The van der Waals surface area contributed by atoms with Crippen LogP contribution in [0.5, 0.6) is 0 Å². The van der Waals surface area contributed by atoms with Gasteiger partial charge in [0, 0.05) is 0 Å². The Morgan fingerprint density at radius 1 is 1.31 bits per heavy atom. The Labute approximate surface area is 95.8 Å². The molecule has 0 aliphatic heterocycles. The summed E-state index contributed by atoms with van der Waals surface area (Å²) in [4.78, 5) is 0. The molecule has 0 heterocycles. The van der Waals surface area contributed by atoms with Crippen LogP contribution < -0.4 is 4.46 Å². The Bertz CT molecular complexity index is 292. The molecule has 0 nitrogen and oxygen atoms in total. The van der Waals surface area contributed by atoms with Crippen LogP contribution in [0.3, 0.4) is 0 Å². The molecule has 1 aromatic carbocycles. The molecule has 3 heteroatoms. The molecule has 1 aromatic rings. The average Bonchev–Trinajstić information content (AvgIpc) is 2.08. The van der Waals surface area contributed by atoms with Crippen LogP contribution in [-0.4, -0.2) is 18.7 Å². The number of halogens is 1. The van der Waals surface area contributed by atoms with Gasteiger partial charge in [0.05, 0.1) is 0 Å². The first kappa shape index (κ1) is 11.2. The van der Waals surface area contributed by atoms with E-state index in [-0.39, 0.29) is 0 Å². The van der Waals surface area contributed by atoms with Gasteiger partial charge in [-0.1, -0.05) is 0 Å². The zero-order valence-corrected chi connectivity index (χ0v) is 10.9. The minimum absolute atomic E-state index is 0.314. The van der Waals surface area contributed by atoms with Crippen molar-refractivity contribution in [2.45, 2.75) is 13.8 Å². The molecule has 0 atom stereocenters. The molecule has 0 bridgehead atoms. The summed E-state index contributed by atoms with van der Waals surface area (Å²) in [6.45, 7) is 4.28. The molecule has 13 heavy (non-hydrogen) atoms. The molecule has 0 amide bonds. The Balaban J connectivity index is 2.65. The van der Waals surface area contributed by atoms with Gasteiger partial charge in [0.25, 0.3) is 0 Å². The first-order valence-electron chi connectivity index (χ1n) is 4.07. The Kier molecular flexibility index (Phi) is 4.40. The van der Waals surface area contributed by atoms with E-state index in [1.54, 1.807) is 0 Å². The molecule has 0 saturated heterocycles. The fourth-order valence-electron chi connectivity index (χ4n) is 0.737. The monoisotopic (exact) mass is 278 g/mol. The normalized spacial score (nSPS) is 10.5. The van der Waals surface area contributed by atoms with E-state index in [4.69, 9.17) is 23.8 Å². The molecular weight excluding hydrogens is 267 g/mol. The molecule has 70 valence electrons. The van der Waals surface area contributed by atoms with E-state index in [9.17, 15) is 0 Å². The van der Waals surface area contributed by atoms with Crippen LogP contribution in [0, 0.1) is 5.92 Å². The van der Waals surface area contributed by atoms with Gasteiger partial charge in [0.1, 0.15) is 0 Å². The standard InChI is InChI=1S/C10H11ClSSe/c1-7(2)10(12)13-9-5-3-8(11)4-6-9/h3-7H,1-2H3. The van der Waals surface area contributed by atoms with E-state index in [1.165, 1.54) is 4.46 Å². The van der Waals surface area contributed by atoms with Crippen LogP contribution >= 0.6 is 23.8 Å². The van der Waals surface area contributed by atoms with Gasteiger partial charge >= 0.3 is 96.1 Å². The number of thiocarbonyl (C=S) groups is 1. The molecule has 0 unspecified atom stereocenters. The van der Waals surface area contributed by atoms with E-state index in [0.29, 0.717) is 20.9 Å². The zero-order valence-electron chi connectivity index (χ0n) is 7.58. The molecule has 0 spiro atoms. The molecule has 0 fully saturated rings. The minimum atomic E-state index is 0.314. The summed E-state index contributed by atoms with van der Waals surface area (Å²) in [5.74, 6) is 0.505. The van der Waals surface area contributed by atoms with Crippen LogP contribution in [0.2, 0.25) is 5.02 Å². The van der Waals surface area contributed by atoms with Crippen molar-refractivity contribution in [2.24, 2.45) is 5.92 Å². The third kappa shape index (κ3) is 3.78. The molecule has 0 radical (unpaired) electrons. The Morgan fingerprint density at radius 3 is 2.31 bits per heavy atom. The molecule has 0 aliphatic rings. The van der Waals surface area contributed by atoms with Gasteiger partial charge in [0.15, 0.2) is 0 Å². The molecular formula is C10H11ClSSe. The third-order valence-electron chi connectivity index (χ3n) is 1.50. The van der Waals surface area contributed by atoms with E-state index in [2.05, 4.69) is 26.0 Å². The second-order valence-electron chi connectivity index (χ2n) is 3.03. The Hall–Kier alpha value is 0.119. The predicted molar refractivity (Wildman–Crippen MR) is 64.3 cm³/mol. The van der Waals surface area contributed by atoms with Gasteiger partial charge in [0.2, 0.25) is 0 Å². The van der Waals surface area contributed by atoms with Crippen molar-refractivity contribution in [1.29, 1.82) is 0 Å². The van der Waals surface area contributed by atoms with E-state index in [0.717, 1.165) is 8.79 Å². The van der Waals surface area contributed by atoms with Crippen LogP contribution in [0.1, 0.15) is 13.8 Å². The average molecular weight is 278 g/mol. The van der Waals surface area contributed by atoms with Gasteiger partial charge in [-0.05, 0) is 0 Å². The van der Waals surface area contributed by atoms with Gasteiger partial charge in [-0.3, -0.25) is 0 Å². The van der Waals surface area contributed by atoms with Gasteiger partial charge in [-0.15, -0.1) is 0 Å². The van der Waals surface area contributed by atoms with Crippen molar-refractivity contribution in [3.05, 3.63) is 29.3 Å². The summed E-state index contributed by atoms with van der Waals surface area (Å²) >= 11 is 11.4. The van der Waals surface area contributed by atoms with Gasteiger partial charge < -0.3 is 0 Å². The Morgan fingerprint density at radius 2 is 1.85 bits per heavy atom. The summed E-state index contributed by atoms with van der Waals surface area (Å²) in [5, 5.41) is 0.787. The maximum absolute atomic E-state index is 5.78. The summed E-state index contributed by atoms with van der Waals surface area (Å²) in [6.07, 6.45) is 0. The number of hydrogen-bond donors (Lipinski definition) is 0. The molecule has 0 aliphatic carbocycles. The van der Waals surface area contributed by atoms with Crippen molar-refractivity contribution in [3.8, 4) is 0 Å². The quantitative estimate of drug-likeness (QED) is 0.605. The molecule has 0 saturated carbocycles. The van der Waals surface area contributed by atoms with Crippen LogP contribution in [0.4, 0.5) is 0 Å². The second kappa shape index (κ2) is 5.11. The second-order valence-corrected chi connectivity index (χ2v) is 6.83. The maximum atomic E-state index is 5.78. The van der Waals surface area contributed by atoms with Crippen LogP contribution in [0.15, 0.2) is 24.3 Å². The molecule has 1 rings (SSSR count). The van der Waals surface area contributed by atoms with E-state index >= 15 is 0 Å². The molecule has 0 aromatic heterocycles. The molecule has 0 N–H and O–H groups in total. The van der Waals surface area contributed by atoms with E-state index in [1.807, 2.05) is 12.1 Å². The van der Waals surface area contributed by atoms with Gasteiger partial charge in [-0.2, -0.15) is 0 Å². The SMILES string of the molecule is CC(C)C(=S)[Se]c1ccc(Cl)cc1. The van der Waals surface area contributed by atoms with Crippen molar-refractivity contribution in [2.75, 3.05) is 0 Å². The van der Waals surface area contributed by atoms with Crippen molar-refractivity contribution in [3.63, 3.8) is 0 Å². The number of hydrogen-bond acceptors (Lipinski definition) is 1. The summed E-state index contributed by atoms with van der Waals surface area (Å²) in [5.41, 5.74) is 0. The summed E-state index contributed by atoms with van der Waals surface area (Å²) in [7, 11) is 0. The van der Waals surface area contributed by atoms with Gasteiger partial charge in [-0.25, -0.2) is 0 Å². The summed E-state index contributed by atoms with van der Waals surface area (Å²) in [6, 6.07) is 7.94. The van der Waals surface area contributed by atoms with Crippen molar-refractivity contribution in [1.82, 2.24) is 0 Å². The summed E-state index contributed by atoms with van der Waals surface area (Å²) < 4.78 is 2.46. The zero-order chi connectivity index (χ0) is 9.84.